The molecule has 0 radical (unpaired) electrons. The van der Waals surface area contributed by atoms with Crippen LogP contribution in [0.3, 0.4) is 0 Å². The molecule has 1 N–H and O–H groups in total. The summed E-state index contributed by atoms with van der Waals surface area (Å²) in [5.41, 5.74) is -0.377. The van der Waals surface area contributed by atoms with Crippen molar-refractivity contribution in [3.05, 3.63) is 35.6 Å². The van der Waals surface area contributed by atoms with Crippen LogP contribution < -0.4 is 10.4 Å². The Morgan fingerprint density at radius 3 is 2.55 bits per heavy atom. The van der Waals surface area contributed by atoms with Gasteiger partial charge in [0.25, 0.3) is 0 Å². The van der Waals surface area contributed by atoms with E-state index in [1.54, 1.807) is 20.8 Å². The molecule has 110 valence electrons. The summed E-state index contributed by atoms with van der Waals surface area (Å²) in [4.78, 5) is 22.4. The van der Waals surface area contributed by atoms with E-state index < -0.39 is 35.9 Å². The smallest absolute Gasteiger partial charge is 0.408 e. The van der Waals surface area contributed by atoms with Gasteiger partial charge in [-0.3, -0.25) is 0 Å². The number of carboxylic acids is 1. The highest BCUT2D eigenvalue weighted by Gasteiger charge is 2.21. The van der Waals surface area contributed by atoms with Gasteiger partial charge in [0.2, 0.25) is 0 Å². The molecule has 0 aliphatic heterocycles. The van der Waals surface area contributed by atoms with E-state index in [1.165, 1.54) is 18.2 Å². The molecule has 0 heterocycles. The molecule has 1 aromatic carbocycles. The lowest BCUT2D eigenvalue weighted by atomic mass is 10.0. The van der Waals surface area contributed by atoms with Crippen LogP contribution in [0.2, 0.25) is 0 Å². The molecule has 0 saturated carbocycles. The maximum Gasteiger partial charge on any atom is 0.408 e. The monoisotopic (exact) mass is 282 g/mol. The third kappa shape index (κ3) is 5.69. The Kier molecular flexibility index (Phi) is 5.07. The highest BCUT2D eigenvalue weighted by atomic mass is 19.1. The Morgan fingerprint density at radius 2 is 2.05 bits per heavy atom. The molecule has 1 amide bonds. The second kappa shape index (κ2) is 6.36. The van der Waals surface area contributed by atoms with Gasteiger partial charge < -0.3 is 20.0 Å². The fourth-order valence-corrected chi connectivity index (χ4v) is 1.59. The standard InChI is InChI=1S/C14H18FNO4/c1-14(2,3)20-13(19)16-11(8-12(17)18)9-5-4-6-10(15)7-9/h4-7,11H,8H2,1-3H3,(H,16,19)(H,17,18)/p-1/t11-/m1/s1. The van der Waals surface area contributed by atoms with Crippen molar-refractivity contribution < 1.29 is 23.8 Å². The molecule has 0 bridgehead atoms. The van der Waals surface area contributed by atoms with E-state index >= 15 is 0 Å². The first-order valence-corrected chi connectivity index (χ1v) is 6.12. The number of alkyl carbamates (subject to hydrolysis) is 1. The van der Waals surface area contributed by atoms with Crippen molar-refractivity contribution in [2.75, 3.05) is 0 Å². The molecular formula is C14H17FNO4-. The highest BCUT2D eigenvalue weighted by molar-refractivity contribution is 5.71. The van der Waals surface area contributed by atoms with Gasteiger partial charge in [0.1, 0.15) is 11.4 Å². The number of hydrogen-bond acceptors (Lipinski definition) is 4. The third-order valence-electron chi connectivity index (χ3n) is 2.31. The Bertz CT molecular complexity index is 496. The summed E-state index contributed by atoms with van der Waals surface area (Å²) < 4.78 is 18.2. The first-order valence-electron chi connectivity index (χ1n) is 6.12. The summed E-state index contributed by atoms with van der Waals surface area (Å²) in [6.45, 7) is 5.05. The molecule has 6 heteroatoms. The molecule has 1 atom stereocenters. The van der Waals surface area contributed by atoms with Crippen LogP contribution in [0.15, 0.2) is 24.3 Å². The predicted octanol–water partition coefficient (Wildman–Crippen LogP) is 1.53. The van der Waals surface area contributed by atoms with Crippen LogP contribution in [-0.2, 0) is 9.53 Å². The van der Waals surface area contributed by atoms with Crippen LogP contribution in [0.5, 0.6) is 0 Å². The number of carbonyl (C=O) groups is 2. The molecule has 0 spiro atoms. The first-order chi connectivity index (χ1) is 9.17. The maximum atomic E-state index is 13.2. The minimum Gasteiger partial charge on any atom is -0.550 e. The average molecular weight is 282 g/mol. The lowest BCUT2D eigenvalue weighted by Gasteiger charge is -2.24. The zero-order valence-electron chi connectivity index (χ0n) is 11.6. The number of benzene rings is 1. The summed E-state index contributed by atoms with van der Waals surface area (Å²) >= 11 is 0. The number of hydrogen-bond donors (Lipinski definition) is 1. The molecular weight excluding hydrogens is 265 g/mol. The Labute approximate surface area is 116 Å². The average Bonchev–Trinajstić information content (AvgIpc) is 2.24. The minimum atomic E-state index is -1.35. The summed E-state index contributed by atoms with van der Waals surface area (Å²) in [5.74, 6) is -1.87. The Balaban J connectivity index is 2.85. The Morgan fingerprint density at radius 1 is 1.40 bits per heavy atom. The van der Waals surface area contributed by atoms with Gasteiger partial charge in [-0.05, 0) is 38.5 Å². The van der Waals surface area contributed by atoms with Crippen LogP contribution in [0.1, 0.15) is 38.8 Å². The molecule has 0 aliphatic rings. The number of rotatable bonds is 4. The van der Waals surface area contributed by atoms with E-state index in [4.69, 9.17) is 4.74 Å². The lowest BCUT2D eigenvalue weighted by Crippen LogP contribution is -2.37. The number of carbonyl (C=O) groups excluding carboxylic acids is 2. The number of ether oxygens (including phenoxy) is 1. The van der Waals surface area contributed by atoms with E-state index in [-0.39, 0.29) is 0 Å². The summed E-state index contributed by atoms with van der Waals surface area (Å²) in [6, 6.07) is 4.43. The Hall–Kier alpha value is -2.11. The van der Waals surface area contributed by atoms with E-state index in [0.29, 0.717) is 5.56 Å². The van der Waals surface area contributed by atoms with Crippen molar-refractivity contribution in [3.63, 3.8) is 0 Å². The van der Waals surface area contributed by atoms with Gasteiger partial charge in [0, 0.05) is 12.4 Å². The van der Waals surface area contributed by atoms with Gasteiger partial charge in [-0.15, -0.1) is 0 Å². The van der Waals surface area contributed by atoms with Gasteiger partial charge >= 0.3 is 6.09 Å². The van der Waals surface area contributed by atoms with E-state index in [0.717, 1.165) is 6.07 Å². The zero-order chi connectivity index (χ0) is 15.3. The number of halogens is 1. The molecule has 1 aromatic rings. The fraction of sp³-hybridized carbons (Fsp3) is 0.429. The fourth-order valence-electron chi connectivity index (χ4n) is 1.59. The number of carboxylic acid groups (broad SMARTS) is 1. The minimum absolute atomic E-state index is 0.333. The van der Waals surface area contributed by atoms with Crippen LogP contribution in [0.25, 0.3) is 0 Å². The second-order valence-corrected chi connectivity index (χ2v) is 5.33. The summed E-state index contributed by atoms with van der Waals surface area (Å²) in [7, 11) is 0. The topological polar surface area (TPSA) is 78.5 Å². The lowest BCUT2D eigenvalue weighted by molar-refractivity contribution is -0.306. The van der Waals surface area contributed by atoms with Crippen molar-refractivity contribution in [2.24, 2.45) is 0 Å². The second-order valence-electron chi connectivity index (χ2n) is 5.33. The van der Waals surface area contributed by atoms with E-state index in [9.17, 15) is 19.1 Å². The molecule has 0 aromatic heterocycles. The zero-order valence-corrected chi connectivity index (χ0v) is 11.6. The summed E-state index contributed by atoms with van der Waals surface area (Å²) in [5, 5.41) is 13.1. The molecule has 0 unspecified atom stereocenters. The molecule has 1 rings (SSSR count). The van der Waals surface area contributed by atoms with Crippen molar-refractivity contribution in [1.82, 2.24) is 5.32 Å². The van der Waals surface area contributed by atoms with Gasteiger partial charge in [0.05, 0.1) is 6.04 Å². The van der Waals surface area contributed by atoms with Gasteiger partial charge in [-0.25, -0.2) is 9.18 Å². The third-order valence-corrected chi connectivity index (χ3v) is 2.31. The number of nitrogens with one attached hydrogen (secondary N) is 1. The van der Waals surface area contributed by atoms with Gasteiger partial charge in [-0.2, -0.15) is 0 Å². The highest BCUT2D eigenvalue weighted by Crippen LogP contribution is 2.18. The molecule has 20 heavy (non-hydrogen) atoms. The van der Waals surface area contributed by atoms with Crippen molar-refractivity contribution in [1.29, 1.82) is 0 Å². The largest absolute Gasteiger partial charge is 0.550 e. The normalized spacial score (nSPS) is 12.6. The quantitative estimate of drug-likeness (QED) is 0.908. The van der Waals surface area contributed by atoms with E-state index in [2.05, 4.69) is 5.32 Å². The number of amides is 1. The van der Waals surface area contributed by atoms with Crippen molar-refractivity contribution in [2.45, 2.75) is 38.8 Å². The van der Waals surface area contributed by atoms with Crippen LogP contribution in [0, 0.1) is 5.82 Å². The molecule has 0 aliphatic carbocycles. The number of aliphatic carboxylic acids is 1. The molecule has 0 fully saturated rings. The molecule has 5 nitrogen and oxygen atoms in total. The van der Waals surface area contributed by atoms with E-state index in [1.807, 2.05) is 0 Å². The summed E-state index contributed by atoms with van der Waals surface area (Å²) in [6.07, 6.45) is -1.24. The van der Waals surface area contributed by atoms with Crippen molar-refractivity contribution >= 4 is 12.1 Å². The van der Waals surface area contributed by atoms with Gasteiger partial charge in [-0.1, -0.05) is 12.1 Å². The van der Waals surface area contributed by atoms with Gasteiger partial charge in [0.15, 0.2) is 0 Å². The SMILES string of the molecule is CC(C)(C)OC(=O)N[C@H](CC(=O)[O-])c1cccc(F)c1. The van der Waals surface area contributed by atoms with Crippen LogP contribution in [-0.4, -0.2) is 17.7 Å². The van der Waals surface area contributed by atoms with Crippen LogP contribution in [0.4, 0.5) is 9.18 Å². The molecule has 0 saturated heterocycles. The maximum absolute atomic E-state index is 13.2. The predicted molar refractivity (Wildman–Crippen MR) is 68.1 cm³/mol. The van der Waals surface area contributed by atoms with Crippen LogP contribution >= 0.6 is 0 Å². The van der Waals surface area contributed by atoms with Crippen molar-refractivity contribution in [3.8, 4) is 0 Å². The first kappa shape index (κ1) is 15.9.